The van der Waals surface area contributed by atoms with E-state index in [4.69, 9.17) is 4.74 Å². The molecule has 1 heterocycles. The SMILES string of the molecule is CNC(C)(CC(C)SC1CCOC1C)C(=O)O. The molecule has 0 aliphatic carbocycles. The van der Waals surface area contributed by atoms with Gasteiger partial charge in [-0.25, -0.2) is 0 Å². The van der Waals surface area contributed by atoms with Crippen molar-refractivity contribution in [3.05, 3.63) is 0 Å². The highest BCUT2D eigenvalue weighted by atomic mass is 32.2. The van der Waals surface area contributed by atoms with Crippen molar-refractivity contribution in [3.8, 4) is 0 Å². The molecule has 0 aromatic carbocycles. The summed E-state index contributed by atoms with van der Waals surface area (Å²) in [5.41, 5.74) is -0.838. The molecule has 1 rings (SSSR count). The third-order valence-corrected chi connectivity index (χ3v) is 5.03. The van der Waals surface area contributed by atoms with Crippen LogP contribution in [-0.4, -0.2) is 46.9 Å². The van der Waals surface area contributed by atoms with Crippen LogP contribution in [0.2, 0.25) is 0 Å². The Hall–Kier alpha value is -0.260. The molecule has 4 unspecified atom stereocenters. The molecule has 0 bridgehead atoms. The molecule has 0 saturated carbocycles. The Bertz CT molecular complexity index is 274. The second-order valence-electron chi connectivity index (χ2n) is 4.94. The first-order valence-electron chi connectivity index (χ1n) is 6.08. The van der Waals surface area contributed by atoms with Crippen molar-refractivity contribution < 1.29 is 14.6 Å². The predicted molar refractivity (Wildman–Crippen MR) is 70.6 cm³/mol. The van der Waals surface area contributed by atoms with Gasteiger partial charge < -0.3 is 15.2 Å². The van der Waals surface area contributed by atoms with Crippen LogP contribution < -0.4 is 5.32 Å². The Morgan fingerprint density at radius 1 is 1.71 bits per heavy atom. The maximum absolute atomic E-state index is 11.2. The summed E-state index contributed by atoms with van der Waals surface area (Å²) in [6.07, 6.45) is 1.97. The Kier molecular flexibility index (Phi) is 5.28. The van der Waals surface area contributed by atoms with Crippen molar-refractivity contribution in [1.29, 1.82) is 0 Å². The summed E-state index contributed by atoms with van der Waals surface area (Å²) in [4.78, 5) is 11.2. The van der Waals surface area contributed by atoms with E-state index in [1.807, 2.05) is 11.8 Å². The quantitative estimate of drug-likeness (QED) is 0.762. The first-order chi connectivity index (χ1) is 7.89. The highest BCUT2D eigenvalue weighted by molar-refractivity contribution is 8.00. The molecule has 4 atom stereocenters. The molecule has 0 radical (unpaired) electrons. The van der Waals surface area contributed by atoms with E-state index in [1.54, 1.807) is 14.0 Å². The zero-order chi connectivity index (χ0) is 13.1. The number of aliphatic carboxylic acids is 1. The van der Waals surface area contributed by atoms with Gasteiger partial charge in [-0.3, -0.25) is 4.79 Å². The lowest BCUT2D eigenvalue weighted by molar-refractivity contribution is -0.144. The van der Waals surface area contributed by atoms with E-state index < -0.39 is 11.5 Å². The third kappa shape index (κ3) is 3.86. The van der Waals surface area contributed by atoms with Gasteiger partial charge in [0.05, 0.1) is 6.10 Å². The number of nitrogens with one attached hydrogen (secondary N) is 1. The van der Waals surface area contributed by atoms with Gasteiger partial charge in [-0.05, 0) is 33.7 Å². The fraction of sp³-hybridized carbons (Fsp3) is 0.917. The minimum atomic E-state index is -0.838. The van der Waals surface area contributed by atoms with E-state index in [1.165, 1.54) is 0 Å². The fourth-order valence-corrected chi connectivity index (χ4v) is 3.67. The van der Waals surface area contributed by atoms with Gasteiger partial charge in [0.15, 0.2) is 0 Å². The van der Waals surface area contributed by atoms with Gasteiger partial charge >= 0.3 is 5.97 Å². The minimum absolute atomic E-state index is 0.285. The summed E-state index contributed by atoms with van der Waals surface area (Å²) in [7, 11) is 1.70. The summed E-state index contributed by atoms with van der Waals surface area (Å²) in [5, 5.41) is 12.9. The lowest BCUT2D eigenvalue weighted by atomic mass is 9.96. The van der Waals surface area contributed by atoms with Crippen LogP contribution in [-0.2, 0) is 9.53 Å². The molecule has 17 heavy (non-hydrogen) atoms. The molecule has 4 nitrogen and oxygen atoms in total. The molecule has 0 amide bonds. The summed E-state index contributed by atoms with van der Waals surface area (Å²) < 4.78 is 5.52. The van der Waals surface area contributed by atoms with E-state index in [0.717, 1.165) is 13.0 Å². The zero-order valence-corrected chi connectivity index (χ0v) is 11.8. The topological polar surface area (TPSA) is 58.6 Å². The molecule has 5 heteroatoms. The van der Waals surface area contributed by atoms with E-state index in [-0.39, 0.29) is 6.10 Å². The van der Waals surface area contributed by atoms with Gasteiger partial charge in [0, 0.05) is 17.1 Å². The van der Waals surface area contributed by atoms with Crippen molar-refractivity contribution >= 4 is 17.7 Å². The average molecular weight is 261 g/mol. The zero-order valence-electron chi connectivity index (χ0n) is 11.0. The summed E-state index contributed by atoms with van der Waals surface area (Å²) >= 11 is 1.85. The van der Waals surface area contributed by atoms with Gasteiger partial charge in [0.1, 0.15) is 5.54 Å². The van der Waals surface area contributed by atoms with Crippen LogP contribution in [0.15, 0.2) is 0 Å². The first-order valence-corrected chi connectivity index (χ1v) is 7.02. The lowest BCUT2D eigenvalue weighted by Crippen LogP contribution is -2.49. The van der Waals surface area contributed by atoms with Crippen LogP contribution in [0.4, 0.5) is 0 Å². The Morgan fingerprint density at radius 2 is 2.35 bits per heavy atom. The molecule has 2 N–H and O–H groups in total. The van der Waals surface area contributed by atoms with Crippen LogP contribution in [0.25, 0.3) is 0 Å². The Labute approximate surface area is 107 Å². The molecule has 100 valence electrons. The van der Waals surface area contributed by atoms with E-state index >= 15 is 0 Å². The van der Waals surface area contributed by atoms with Gasteiger partial charge in [-0.15, -0.1) is 0 Å². The van der Waals surface area contributed by atoms with Crippen molar-refractivity contribution in [1.82, 2.24) is 5.32 Å². The van der Waals surface area contributed by atoms with Crippen molar-refractivity contribution in [2.75, 3.05) is 13.7 Å². The van der Waals surface area contributed by atoms with E-state index in [2.05, 4.69) is 19.2 Å². The van der Waals surface area contributed by atoms with Crippen LogP contribution in [0, 0.1) is 0 Å². The number of ether oxygens (including phenoxy) is 1. The third-order valence-electron chi connectivity index (χ3n) is 3.43. The molecule has 1 aliphatic heterocycles. The van der Waals surface area contributed by atoms with Crippen LogP contribution in [0.5, 0.6) is 0 Å². The number of likely N-dealkylation sites (N-methyl/N-ethyl adjacent to an activating group) is 1. The first kappa shape index (κ1) is 14.8. The second kappa shape index (κ2) is 6.07. The van der Waals surface area contributed by atoms with Gasteiger partial charge in [-0.2, -0.15) is 11.8 Å². The van der Waals surface area contributed by atoms with Crippen LogP contribution >= 0.6 is 11.8 Å². The van der Waals surface area contributed by atoms with Crippen molar-refractivity contribution in [2.45, 2.75) is 55.8 Å². The number of carbonyl (C=O) groups is 1. The number of carboxylic acids is 1. The lowest BCUT2D eigenvalue weighted by Gasteiger charge is -2.28. The van der Waals surface area contributed by atoms with Crippen LogP contribution in [0.1, 0.15) is 33.6 Å². The maximum Gasteiger partial charge on any atom is 0.323 e. The highest BCUT2D eigenvalue weighted by Crippen LogP contribution is 2.32. The molecule has 1 fully saturated rings. The molecular weight excluding hydrogens is 238 g/mol. The van der Waals surface area contributed by atoms with E-state index in [0.29, 0.717) is 16.9 Å². The molecular formula is C12H23NO3S. The smallest absolute Gasteiger partial charge is 0.323 e. The fourth-order valence-electron chi connectivity index (χ4n) is 2.11. The highest BCUT2D eigenvalue weighted by Gasteiger charge is 2.35. The molecule has 1 saturated heterocycles. The van der Waals surface area contributed by atoms with Gasteiger partial charge in [-0.1, -0.05) is 6.92 Å². The van der Waals surface area contributed by atoms with Crippen molar-refractivity contribution in [3.63, 3.8) is 0 Å². The number of rotatable bonds is 6. The summed E-state index contributed by atoms with van der Waals surface area (Å²) in [6, 6.07) is 0. The molecule has 0 aromatic rings. The molecule has 0 spiro atoms. The van der Waals surface area contributed by atoms with Gasteiger partial charge in [0.2, 0.25) is 0 Å². The minimum Gasteiger partial charge on any atom is -0.480 e. The average Bonchev–Trinajstić information content (AvgIpc) is 2.63. The number of carboxylic acid groups (broad SMARTS) is 1. The summed E-state index contributed by atoms with van der Waals surface area (Å²) in [6.45, 7) is 6.74. The maximum atomic E-state index is 11.2. The number of thioether (sulfide) groups is 1. The Balaban J connectivity index is 2.48. The Morgan fingerprint density at radius 3 is 2.76 bits per heavy atom. The standard InChI is InChI=1S/C12H23NO3S/c1-8(7-12(3,13-4)11(14)15)17-10-5-6-16-9(10)2/h8-10,13H,5-7H2,1-4H3,(H,14,15). The van der Waals surface area contributed by atoms with Crippen molar-refractivity contribution in [2.24, 2.45) is 0 Å². The van der Waals surface area contributed by atoms with Crippen LogP contribution in [0.3, 0.4) is 0 Å². The molecule has 1 aliphatic rings. The van der Waals surface area contributed by atoms with E-state index in [9.17, 15) is 9.90 Å². The second-order valence-corrected chi connectivity index (χ2v) is 6.62. The monoisotopic (exact) mass is 261 g/mol. The van der Waals surface area contributed by atoms with Gasteiger partial charge in [0.25, 0.3) is 0 Å². The number of hydrogen-bond acceptors (Lipinski definition) is 4. The number of hydrogen-bond donors (Lipinski definition) is 2. The molecule has 0 aromatic heterocycles. The summed E-state index contributed by atoms with van der Waals surface area (Å²) in [5.74, 6) is -0.789. The normalized spacial score (nSPS) is 29.9. The predicted octanol–water partition coefficient (Wildman–Crippen LogP) is 1.74. The largest absolute Gasteiger partial charge is 0.480 e.